The molecule has 5 aliphatic carbocycles. The highest BCUT2D eigenvalue weighted by atomic mass is 16.6. The number of hydrogen-bond donors (Lipinski definition) is 3. The third-order valence-corrected chi connectivity index (χ3v) is 16.4. The molecule has 54 heavy (non-hydrogen) atoms. The summed E-state index contributed by atoms with van der Waals surface area (Å²) < 4.78 is 18.7. The third kappa shape index (κ3) is 6.18. The maximum Gasteiger partial charge on any atom is 0.333 e. The Kier molecular flexibility index (Phi) is 11.5. The van der Waals surface area contributed by atoms with Crippen LogP contribution < -0.4 is 0 Å². The van der Waals surface area contributed by atoms with Gasteiger partial charge >= 0.3 is 17.9 Å². The van der Waals surface area contributed by atoms with Gasteiger partial charge in [0, 0.05) is 22.1 Å². The van der Waals surface area contributed by atoms with Crippen molar-refractivity contribution in [3.05, 3.63) is 46.6 Å². The molecule has 0 aliphatic heterocycles. The molecular weight excluding hydrogens is 684 g/mol. The molecule has 0 bridgehead atoms. The van der Waals surface area contributed by atoms with Crippen molar-refractivity contribution in [2.45, 2.75) is 152 Å². The van der Waals surface area contributed by atoms with E-state index in [1.165, 1.54) is 5.57 Å². The van der Waals surface area contributed by atoms with Crippen molar-refractivity contribution in [3.8, 4) is 0 Å². The fourth-order valence-corrected chi connectivity index (χ4v) is 12.3. The van der Waals surface area contributed by atoms with Gasteiger partial charge in [-0.3, -0.25) is 0 Å². The minimum absolute atomic E-state index is 0.0950. The fraction of sp³-hybridized carbons (Fsp3) is 0.756. The molecule has 5 aliphatic rings. The number of allylic oxidation sites excluding steroid dienone is 5. The topological polar surface area (TPSA) is 140 Å². The van der Waals surface area contributed by atoms with E-state index < -0.39 is 64.6 Å². The number of fused-ring (bicyclic) bond motifs is 7. The van der Waals surface area contributed by atoms with Gasteiger partial charge in [-0.15, -0.1) is 0 Å². The van der Waals surface area contributed by atoms with Crippen LogP contribution in [0, 0.1) is 50.2 Å². The van der Waals surface area contributed by atoms with Gasteiger partial charge in [0.15, 0.2) is 0 Å². The zero-order chi connectivity index (χ0) is 40.4. The first-order valence-corrected chi connectivity index (χ1v) is 20.2. The van der Waals surface area contributed by atoms with Crippen molar-refractivity contribution < 1.29 is 43.9 Å². The molecule has 0 aromatic carbocycles. The molecule has 0 aromatic rings. The molecule has 3 unspecified atom stereocenters. The Morgan fingerprint density at radius 3 is 1.94 bits per heavy atom. The van der Waals surface area contributed by atoms with Crippen LogP contribution in [0.3, 0.4) is 0 Å². The Hall–Kier alpha value is -2.75. The first kappa shape index (κ1) is 42.4. The Bertz CT molecular complexity index is 1640. The van der Waals surface area contributed by atoms with Gasteiger partial charge in [0.2, 0.25) is 0 Å². The summed E-state index contributed by atoms with van der Waals surface area (Å²) in [6, 6.07) is 0. The van der Waals surface area contributed by atoms with Crippen LogP contribution in [0.15, 0.2) is 46.6 Å². The first-order valence-electron chi connectivity index (χ1n) is 20.2. The fourth-order valence-electron chi connectivity index (χ4n) is 12.3. The maximum absolute atomic E-state index is 13.8. The number of hydrogen-bond acceptors (Lipinski definition) is 9. The molecule has 0 radical (unpaired) electrons. The molecule has 0 aromatic heterocycles. The molecule has 0 spiro atoms. The van der Waals surface area contributed by atoms with Crippen molar-refractivity contribution in [1.29, 1.82) is 0 Å². The van der Waals surface area contributed by atoms with E-state index in [9.17, 15) is 29.7 Å². The van der Waals surface area contributed by atoms with E-state index in [-0.39, 0.29) is 41.2 Å². The minimum Gasteiger partial charge on any atom is -0.462 e. The summed E-state index contributed by atoms with van der Waals surface area (Å²) in [5.41, 5.74) is -1.02. The number of rotatable bonds is 8. The highest BCUT2D eigenvalue weighted by Gasteiger charge is 2.74. The lowest BCUT2D eigenvalue weighted by molar-refractivity contribution is -0.266. The summed E-state index contributed by atoms with van der Waals surface area (Å²) in [5, 5.41) is 35.4. The quantitative estimate of drug-likeness (QED) is 0.0991. The van der Waals surface area contributed by atoms with E-state index in [0.717, 1.165) is 25.7 Å². The van der Waals surface area contributed by atoms with E-state index in [0.29, 0.717) is 36.0 Å². The minimum atomic E-state index is -1.29. The predicted octanol–water partition coefficient (Wildman–Crippen LogP) is 7.58. The normalized spacial score (nSPS) is 43.4. The number of carbonyl (C=O) groups is 3. The third-order valence-electron chi connectivity index (χ3n) is 16.4. The molecule has 4 fully saturated rings. The van der Waals surface area contributed by atoms with Gasteiger partial charge in [-0.1, -0.05) is 71.4 Å². The van der Waals surface area contributed by atoms with Crippen LogP contribution in [0.25, 0.3) is 0 Å². The van der Waals surface area contributed by atoms with E-state index in [1.54, 1.807) is 52.8 Å². The summed E-state index contributed by atoms with van der Waals surface area (Å²) in [7, 11) is 0. The molecule has 12 atom stereocenters. The Morgan fingerprint density at radius 2 is 1.37 bits per heavy atom. The van der Waals surface area contributed by atoms with Crippen LogP contribution in [-0.2, 0) is 28.6 Å². The van der Waals surface area contributed by atoms with Crippen LogP contribution >= 0.6 is 0 Å². The van der Waals surface area contributed by atoms with Gasteiger partial charge in [0.25, 0.3) is 0 Å². The van der Waals surface area contributed by atoms with Gasteiger partial charge in [-0.05, 0) is 126 Å². The summed E-state index contributed by atoms with van der Waals surface area (Å²) in [4.78, 5) is 40.1. The van der Waals surface area contributed by atoms with Crippen LogP contribution in [-0.4, -0.2) is 70.9 Å². The summed E-state index contributed by atoms with van der Waals surface area (Å²) in [5.74, 6) is -1.49. The number of aliphatic hydroxyl groups is 3. The molecule has 0 saturated heterocycles. The van der Waals surface area contributed by atoms with E-state index in [4.69, 9.17) is 14.2 Å². The maximum atomic E-state index is 13.8. The van der Waals surface area contributed by atoms with Crippen molar-refractivity contribution in [1.82, 2.24) is 0 Å². The van der Waals surface area contributed by atoms with Crippen LogP contribution in [0.1, 0.15) is 128 Å². The van der Waals surface area contributed by atoms with Crippen molar-refractivity contribution >= 4 is 17.9 Å². The van der Waals surface area contributed by atoms with Crippen molar-refractivity contribution in [3.63, 3.8) is 0 Å². The zero-order valence-electron chi connectivity index (χ0n) is 35.0. The SMILES string of the molecule is C/C=C(/C)C(=O)OC[C@]1(C)C2CC[C@]3(C)C(CC=C4C5CC(C)(C)[C@@H](O)[C@H](OC(=O)/C(C)=C\C)[C@]5(CO)[C@H](OC(=O)/C(C)=C\C)C[C@]43C)[C@@]2(C)CC[C@@H]1O. The Balaban J connectivity index is 1.66. The molecule has 9 heteroatoms. The largest absolute Gasteiger partial charge is 0.462 e. The van der Waals surface area contributed by atoms with Crippen molar-refractivity contribution in [2.75, 3.05) is 13.2 Å². The molecule has 4 saturated carbocycles. The zero-order valence-corrected chi connectivity index (χ0v) is 35.0. The van der Waals surface area contributed by atoms with Gasteiger partial charge in [-0.25, -0.2) is 14.4 Å². The van der Waals surface area contributed by atoms with Gasteiger partial charge < -0.3 is 29.5 Å². The number of esters is 3. The summed E-state index contributed by atoms with van der Waals surface area (Å²) in [6.45, 7) is 23.3. The van der Waals surface area contributed by atoms with E-state index in [1.807, 2.05) is 20.8 Å². The molecule has 0 heterocycles. The lowest BCUT2D eigenvalue weighted by Gasteiger charge is -2.72. The Labute approximate surface area is 323 Å². The number of carbonyl (C=O) groups excluding carboxylic acids is 3. The van der Waals surface area contributed by atoms with Crippen LogP contribution in [0.2, 0.25) is 0 Å². The number of ether oxygens (including phenoxy) is 3. The smallest absolute Gasteiger partial charge is 0.333 e. The van der Waals surface area contributed by atoms with Gasteiger partial charge in [-0.2, -0.15) is 0 Å². The molecule has 5 rings (SSSR count). The van der Waals surface area contributed by atoms with Crippen molar-refractivity contribution in [2.24, 2.45) is 50.2 Å². The number of aliphatic hydroxyl groups excluding tert-OH is 3. The second-order valence-electron chi connectivity index (χ2n) is 19.2. The molecule has 9 nitrogen and oxygen atoms in total. The average molecular weight is 753 g/mol. The summed E-state index contributed by atoms with van der Waals surface area (Å²) in [6.07, 6.45) is 8.52. The highest BCUT2D eigenvalue weighted by molar-refractivity contribution is 5.88. The van der Waals surface area contributed by atoms with Gasteiger partial charge in [0.05, 0.1) is 30.8 Å². The van der Waals surface area contributed by atoms with Crippen LogP contribution in [0.4, 0.5) is 0 Å². The lowest BCUT2D eigenvalue weighted by Crippen LogP contribution is -2.72. The molecule has 0 amide bonds. The lowest BCUT2D eigenvalue weighted by atomic mass is 9.33. The van der Waals surface area contributed by atoms with E-state index >= 15 is 0 Å². The molecular formula is C45H68O9. The summed E-state index contributed by atoms with van der Waals surface area (Å²) >= 11 is 0. The predicted molar refractivity (Wildman–Crippen MR) is 208 cm³/mol. The Morgan fingerprint density at radius 1 is 0.796 bits per heavy atom. The van der Waals surface area contributed by atoms with Crippen LogP contribution in [0.5, 0.6) is 0 Å². The molecule has 302 valence electrons. The second-order valence-corrected chi connectivity index (χ2v) is 19.2. The highest BCUT2D eigenvalue weighted by Crippen LogP contribution is 2.76. The average Bonchev–Trinajstić information content (AvgIpc) is 3.13. The van der Waals surface area contributed by atoms with E-state index in [2.05, 4.69) is 33.8 Å². The second kappa shape index (κ2) is 14.6. The first-order chi connectivity index (χ1) is 25.1. The standard InChI is InChI=1S/C45H68O9/c1-13-26(4)37(49)52-25-42(10)31-18-21-43(11)32(41(31,9)20-19-33(42)47)17-16-29-30-22-40(7,8)35(48)36(54-39(51)28(6)15-3)45(30,24-46)34(23-44(29,43)12)53-38(50)27(5)14-2/h13-16,30-36,46-48H,17-25H2,1-12H3/b26-13-,27-14-,28-15-/t30?,31?,32?,33-,34+,35-,36-,41-,42+,43+,44+,45-/m0/s1. The monoisotopic (exact) mass is 752 g/mol. The molecule has 3 N–H and O–H groups in total. The van der Waals surface area contributed by atoms with Gasteiger partial charge in [0.1, 0.15) is 12.2 Å².